The van der Waals surface area contributed by atoms with Gasteiger partial charge in [-0.3, -0.25) is 14.8 Å². The van der Waals surface area contributed by atoms with Crippen molar-refractivity contribution >= 4 is 40.2 Å². The highest BCUT2D eigenvalue weighted by Gasteiger charge is 2.15. The van der Waals surface area contributed by atoms with Gasteiger partial charge in [-0.25, -0.2) is 4.79 Å². The zero-order valence-corrected chi connectivity index (χ0v) is 14.5. The highest BCUT2D eigenvalue weighted by atomic mass is 35.5. The summed E-state index contributed by atoms with van der Waals surface area (Å²) in [6.07, 6.45) is 3.01. The van der Waals surface area contributed by atoms with Gasteiger partial charge in [0.05, 0.1) is 23.9 Å². The van der Waals surface area contributed by atoms with E-state index in [0.29, 0.717) is 27.5 Å². The lowest BCUT2D eigenvalue weighted by atomic mass is 10.2. The van der Waals surface area contributed by atoms with Gasteiger partial charge in [-0.15, -0.1) is 0 Å². The molecule has 0 spiro atoms. The van der Waals surface area contributed by atoms with Crippen LogP contribution in [-0.4, -0.2) is 35.6 Å². The summed E-state index contributed by atoms with van der Waals surface area (Å²) < 4.78 is 10.2. The number of ether oxygens (including phenoxy) is 2. The standard InChI is InChI=1S/C18H14ClN3O4/c1-25-15-6-5-11(19)9-14(15)22-16(23)10-26-18(24)12-3-2-4-13-17(12)21-8-7-20-13/h2-9H,10H2,1H3,(H,22,23). The number of amides is 1. The molecule has 1 N–H and O–H groups in total. The first-order chi connectivity index (χ1) is 12.6. The Bertz CT molecular complexity index is 972. The van der Waals surface area contributed by atoms with Crippen LogP contribution in [0.25, 0.3) is 11.0 Å². The second kappa shape index (κ2) is 7.79. The Balaban J connectivity index is 1.68. The van der Waals surface area contributed by atoms with Crippen LogP contribution in [0.1, 0.15) is 10.4 Å². The number of anilines is 1. The molecular weight excluding hydrogens is 358 g/mol. The Morgan fingerprint density at radius 2 is 1.96 bits per heavy atom. The van der Waals surface area contributed by atoms with E-state index in [-0.39, 0.29) is 5.56 Å². The van der Waals surface area contributed by atoms with Crippen molar-refractivity contribution in [3.05, 3.63) is 59.4 Å². The monoisotopic (exact) mass is 371 g/mol. The number of methoxy groups -OCH3 is 1. The first-order valence-electron chi connectivity index (χ1n) is 7.58. The SMILES string of the molecule is COc1ccc(Cl)cc1NC(=O)COC(=O)c1cccc2nccnc12. The molecule has 132 valence electrons. The van der Waals surface area contributed by atoms with Crippen molar-refractivity contribution in [2.75, 3.05) is 19.0 Å². The van der Waals surface area contributed by atoms with E-state index in [4.69, 9.17) is 21.1 Å². The first-order valence-corrected chi connectivity index (χ1v) is 7.96. The number of para-hydroxylation sites is 1. The Hall–Kier alpha value is -3.19. The lowest BCUT2D eigenvalue weighted by molar-refractivity contribution is -0.119. The molecule has 3 aromatic rings. The summed E-state index contributed by atoms with van der Waals surface area (Å²) >= 11 is 5.92. The van der Waals surface area contributed by atoms with Crippen LogP contribution in [0.3, 0.4) is 0 Å². The quantitative estimate of drug-likeness (QED) is 0.693. The number of fused-ring (bicyclic) bond motifs is 1. The minimum absolute atomic E-state index is 0.240. The number of rotatable bonds is 5. The fraction of sp³-hybridized carbons (Fsp3) is 0.111. The van der Waals surface area contributed by atoms with E-state index < -0.39 is 18.5 Å². The van der Waals surface area contributed by atoms with E-state index >= 15 is 0 Å². The van der Waals surface area contributed by atoms with Gasteiger partial charge < -0.3 is 14.8 Å². The van der Waals surface area contributed by atoms with E-state index in [0.717, 1.165) is 0 Å². The summed E-state index contributed by atoms with van der Waals surface area (Å²) in [6.45, 7) is -0.467. The van der Waals surface area contributed by atoms with Crippen molar-refractivity contribution in [1.82, 2.24) is 9.97 Å². The van der Waals surface area contributed by atoms with Crippen LogP contribution in [0, 0.1) is 0 Å². The number of hydrogen-bond donors (Lipinski definition) is 1. The molecule has 1 aromatic heterocycles. The van der Waals surface area contributed by atoms with E-state index in [1.54, 1.807) is 36.4 Å². The Kier molecular flexibility index (Phi) is 5.28. The average molecular weight is 372 g/mol. The molecule has 0 aliphatic rings. The summed E-state index contributed by atoms with van der Waals surface area (Å²) in [4.78, 5) is 32.6. The van der Waals surface area contributed by atoms with Crippen LogP contribution in [0.5, 0.6) is 5.75 Å². The number of nitrogens with zero attached hydrogens (tertiary/aromatic N) is 2. The van der Waals surface area contributed by atoms with Gasteiger partial charge in [0.15, 0.2) is 6.61 Å². The van der Waals surface area contributed by atoms with Gasteiger partial charge in [-0.05, 0) is 30.3 Å². The minimum Gasteiger partial charge on any atom is -0.495 e. The number of esters is 1. The molecule has 0 unspecified atom stereocenters. The van der Waals surface area contributed by atoms with Crippen LogP contribution >= 0.6 is 11.6 Å². The number of carbonyl (C=O) groups is 2. The van der Waals surface area contributed by atoms with E-state index in [1.165, 1.54) is 19.5 Å². The molecule has 0 saturated carbocycles. The third-order valence-corrected chi connectivity index (χ3v) is 3.72. The first kappa shape index (κ1) is 17.6. The molecular formula is C18H14ClN3O4. The summed E-state index contributed by atoms with van der Waals surface area (Å²) in [5.41, 5.74) is 1.60. The largest absolute Gasteiger partial charge is 0.495 e. The van der Waals surface area contributed by atoms with Gasteiger partial charge in [0.25, 0.3) is 5.91 Å². The second-order valence-electron chi connectivity index (χ2n) is 5.20. The van der Waals surface area contributed by atoms with Gasteiger partial charge >= 0.3 is 5.97 Å². The molecule has 7 nitrogen and oxygen atoms in total. The summed E-state index contributed by atoms with van der Waals surface area (Å²) in [5.74, 6) is -0.743. The van der Waals surface area contributed by atoms with Crippen molar-refractivity contribution in [3.8, 4) is 5.75 Å². The van der Waals surface area contributed by atoms with Crippen molar-refractivity contribution < 1.29 is 19.1 Å². The molecule has 0 saturated heterocycles. The summed E-state index contributed by atoms with van der Waals surface area (Å²) in [6, 6.07) is 9.77. The topological polar surface area (TPSA) is 90.4 Å². The molecule has 0 fully saturated rings. The van der Waals surface area contributed by atoms with Gasteiger partial charge in [0.1, 0.15) is 11.3 Å². The summed E-state index contributed by atoms with van der Waals surface area (Å²) in [5, 5.41) is 3.03. The molecule has 0 radical (unpaired) electrons. The molecule has 1 amide bonds. The number of aromatic nitrogens is 2. The predicted molar refractivity (Wildman–Crippen MR) is 96.5 cm³/mol. The third kappa shape index (κ3) is 3.89. The number of nitrogens with one attached hydrogen (secondary N) is 1. The minimum atomic E-state index is -0.663. The molecule has 26 heavy (non-hydrogen) atoms. The maximum absolute atomic E-state index is 12.3. The van der Waals surface area contributed by atoms with Crippen LogP contribution in [-0.2, 0) is 9.53 Å². The van der Waals surface area contributed by atoms with Crippen molar-refractivity contribution in [1.29, 1.82) is 0 Å². The van der Waals surface area contributed by atoms with Crippen molar-refractivity contribution in [2.45, 2.75) is 0 Å². The van der Waals surface area contributed by atoms with E-state index in [2.05, 4.69) is 15.3 Å². The third-order valence-electron chi connectivity index (χ3n) is 3.49. The molecule has 0 aliphatic carbocycles. The van der Waals surface area contributed by atoms with Gasteiger partial charge in [-0.1, -0.05) is 17.7 Å². The van der Waals surface area contributed by atoms with Crippen LogP contribution in [0.4, 0.5) is 5.69 Å². The average Bonchev–Trinajstić information content (AvgIpc) is 2.66. The maximum atomic E-state index is 12.3. The van der Waals surface area contributed by atoms with Gasteiger partial charge in [-0.2, -0.15) is 0 Å². The lowest BCUT2D eigenvalue weighted by Gasteiger charge is -2.11. The molecule has 1 heterocycles. The fourth-order valence-electron chi connectivity index (χ4n) is 2.33. The maximum Gasteiger partial charge on any atom is 0.340 e. The highest BCUT2D eigenvalue weighted by Crippen LogP contribution is 2.27. The van der Waals surface area contributed by atoms with Crippen LogP contribution < -0.4 is 10.1 Å². The van der Waals surface area contributed by atoms with Crippen molar-refractivity contribution in [2.24, 2.45) is 0 Å². The Morgan fingerprint density at radius 1 is 1.15 bits per heavy atom. The van der Waals surface area contributed by atoms with Crippen LogP contribution in [0.2, 0.25) is 5.02 Å². The van der Waals surface area contributed by atoms with E-state index in [9.17, 15) is 9.59 Å². The Morgan fingerprint density at radius 3 is 2.77 bits per heavy atom. The lowest BCUT2D eigenvalue weighted by Crippen LogP contribution is -2.21. The molecule has 0 atom stereocenters. The number of hydrogen-bond acceptors (Lipinski definition) is 6. The number of halogens is 1. The predicted octanol–water partition coefficient (Wildman–Crippen LogP) is 3.09. The van der Waals surface area contributed by atoms with Crippen LogP contribution in [0.15, 0.2) is 48.8 Å². The number of carbonyl (C=O) groups excluding carboxylic acids is 2. The fourth-order valence-corrected chi connectivity index (χ4v) is 2.50. The highest BCUT2D eigenvalue weighted by molar-refractivity contribution is 6.31. The molecule has 0 aliphatic heterocycles. The molecule has 2 aromatic carbocycles. The van der Waals surface area contributed by atoms with Gasteiger partial charge in [0, 0.05) is 17.4 Å². The summed E-state index contributed by atoms with van der Waals surface area (Å²) in [7, 11) is 1.47. The zero-order valence-electron chi connectivity index (χ0n) is 13.7. The smallest absolute Gasteiger partial charge is 0.340 e. The van der Waals surface area contributed by atoms with Gasteiger partial charge in [0.2, 0.25) is 0 Å². The Labute approximate surface area is 153 Å². The van der Waals surface area contributed by atoms with Crippen molar-refractivity contribution in [3.63, 3.8) is 0 Å². The number of benzene rings is 2. The zero-order chi connectivity index (χ0) is 18.5. The normalized spacial score (nSPS) is 10.4. The molecule has 8 heteroatoms. The molecule has 3 rings (SSSR count). The second-order valence-corrected chi connectivity index (χ2v) is 5.63. The van der Waals surface area contributed by atoms with E-state index in [1.807, 2.05) is 0 Å². The molecule has 0 bridgehead atoms.